The summed E-state index contributed by atoms with van der Waals surface area (Å²) in [7, 11) is 1.72. The average molecular weight is 269 g/mol. The first kappa shape index (κ1) is 13.4. The zero-order valence-electron chi connectivity index (χ0n) is 12.1. The Morgan fingerprint density at radius 2 is 1.70 bits per heavy atom. The first-order valence-corrected chi connectivity index (χ1v) is 7.62. The van der Waals surface area contributed by atoms with Gasteiger partial charge >= 0.3 is 0 Å². The van der Waals surface area contributed by atoms with Gasteiger partial charge in [0, 0.05) is 11.4 Å². The van der Waals surface area contributed by atoms with Gasteiger partial charge in [-0.3, -0.25) is 0 Å². The highest BCUT2D eigenvalue weighted by molar-refractivity contribution is 5.91. The summed E-state index contributed by atoms with van der Waals surface area (Å²) in [5.41, 5.74) is 7.86. The molecule has 1 fully saturated rings. The SMILES string of the molecule is COc1ccc(C(N)C2CCCCC2)c2ccccc12. The normalized spacial score (nSPS) is 18.1. The molecule has 1 aliphatic carbocycles. The Balaban J connectivity index is 2.02. The minimum atomic E-state index is 0.145. The Morgan fingerprint density at radius 1 is 1.00 bits per heavy atom. The topological polar surface area (TPSA) is 35.2 Å². The first-order chi connectivity index (χ1) is 9.81. The quantitative estimate of drug-likeness (QED) is 0.894. The van der Waals surface area contributed by atoms with Gasteiger partial charge in [-0.05, 0) is 35.8 Å². The zero-order chi connectivity index (χ0) is 13.9. The van der Waals surface area contributed by atoms with Crippen molar-refractivity contribution in [3.8, 4) is 5.75 Å². The van der Waals surface area contributed by atoms with E-state index in [0.29, 0.717) is 5.92 Å². The van der Waals surface area contributed by atoms with Crippen LogP contribution in [0.3, 0.4) is 0 Å². The molecule has 1 atom stereocenters. The van der Waals surface area contributed by atoms with Gasteiger partial charge in [0.15, 0.2) is 0 Å². The van der Waals surface area contributed by atoms with E-state index in [0.717, 1.165) is 5.75 Å². The average Bonchev–Trinajstić information content (AvgIpc) is 2.54. The first-order valence-electron chi connectivity index (χ1n) is 7.62. The lowest BCUT2D eigenvalue weighted by molar-refractivity contribution is 0.309. The number of hydrogen-bond donors (Lipinski definition) is 1. The third-order valence-corrected chi connectivity index (χ3v) is 4.65. The lowest BCUT2D eigenvalue weighted by atomic mass is 9.80. The maximum Gasteiger partial charge on any atom is 0.126 e. The summed E-state index contributed by atoms with van der Waals surface area (Å²) in [5.74, 6) is 1.56. The zero-order valence-corrected chi connectivity index (χ0v) is 12.1. The summed E-state index contributed by atoms with van der Waals surface area (Å²) in [6.07, 6.45) is 6.55. The van der Waals surface area contributed by atoms with Gasteiger partial charge in [0.2, 0.25) is 0 Å². The van der Waals surface area contributed by atoms with Crippen LogP contribution in [0.15, 0.2) is 36.4 Å². The van der Waals surface area contributed by atoms with Crippen LogP contribution < -0.4 is 10.5 Å². The van der Waals surface area contributed by atoms with Crippen LogP contribution in [0.2, 0.25) is 0 Å². The van der Waals surface area contributed by atoms with Crippen molar-refractivity contribution in [2.24, 2.45) is 11.7 Å². The van der Waals surface area contributed by atoms with Crippen LogP contribution >= 0.6 is 0 Å². The number of nitrogens with two attached hydrogens (primary N) is 1. The molecule has 20 heavy (non-hydrogen) atoms. The molecule has 1 saturated carbocycles. The molecule has 0 heterocycles. The van der Waals surface area contributed by atoms with Gasteiger partial charge in [-0.1, -0.05) is 49.6 Å². The fraction of sp³-hybridized carbons (Fsp3) is 0.444. The highest BCUT2D eigenvalue weighted by Gasteiger charge is 2.23. The lowest BCUT2D eigenvalue weighted by Crippen LogP contribution is -2.23. The molecular formula is C18H23NO. The van der Waals surface area contributed by atoms with E-state index in [1.54, 1.807) is 7.11 Å². The summed E-state index contributed by atoms with van der Waals surface area (Å²) in [5, 5.41) is 2.41. The van der Waals surface area contributed by atoms with Crippen molar-refractivity contribution in [1.29, 1.82) is 0 Å². The number of methoxy groups -OCH3 is 1. The van der Waals surface area contributed by atoms with Gasteiger partial charge < -0.3 is 10.5 Å². The second-order valence-corrected chi connectivity index (χ2v) is 5.83. The number of hydrogen-bond acceptors (Lipinski definition) is 2. The summed E-state index contributed by atoms with van der Waals surface area (Å²) in [6, 6.07) is 12.8. The Morgan fingerprint density at radius 3 is 2.40 bits per heavy atom. The number of fused-ring (bicyclic) bond motifs is 1. The third-order valence-electron chi connectivity index (χ3n) is 4.65. The predicted octanol–water partition coefficient (Wildman–Crippen LogP) is 4.43. The number of rotatable bonds is 3. The van der Waals surface area contributed by atoms with E-state index in [1.165, 1.54) is 48.4 Å². The highest BCUT2D eigenvalue weighted by atomic mass is 16.5. The summed E-state index contributed by atoms with van der Waals surface area (Å²) >= 11 is 0. The monoisotopic (exact) mass is 269 g/mol. The van der Waals surface area contributed by atoms with Gasteiger partial charge in [0.1, 0.15) is 5.75 Å². The lowest BCUT2D eigenvalue weighted by Gasteiger charge is -2.28. The van der Waals surface area contributed by atoms with Gasteiger partial charge in [-0.25, -0.2) is 0 Å². The van der Waals surface area contributed by atoms with E-state index in [-0.39, 0.29) is 6.04 Å². The van der Waals surface area contributed by atoms with E-state index in [1.807, 2.05) is 0 Å². The standard InChI is InChI=1S/C18H23NO/c1-20-17-12-11-16(14-9-5-6-10-15(14)17)18(19)13-7-3-2-4-8-13/h5-6,9-13,18H,2-4,7-8,19H2,1H3. The van der Waals surface area contributed by atoms with Crippen molar-refractivity contribution in [2.75, 3.05) is 7.11 Å². The Labute approximate surface area is 120 Å². The van der Waals surface area contributed by atoms with Crippen molar-refractivity contribution < 1.29 is 4.74 Å². The van der Waals surface area contributed by atoms with Crippen LogP contribution in [0.25, 0.3) is 10.8 Å². The van der Waals surface area contributed by atoms with E-state index in [2.05, 4.69) is 36.4 Å². The summed E-state index contributed by atoms with van der Waals surface area (Å²) < 4.78 is 5.47. The van der Waals surface area contributed by atoms with Crippen molar-refractivity contribution in [3.05, 3.63) is 42.0 Å². The summed E-state index contributed by atoms with van der Waals surface area (Å²) in [4.78, 5) is 0. The van der Waals surface area contributed by atoms with E-state index in [4.69, 9.17) is 10.5 Å². The fourth-order valence-electron chi connectivity index (χ4n) is 3.51. The van der Waals surface area contributed by atoms with Crippen molar-refractivity contribution >= 4 is 10.8 Å². The molecule has 2 aromatic rings. The molecule has 0 saturated heterocycles. The molecule has 2 aromatic carbocycles. The molecule has 3 rings (SSSR count). The Hall–Kier alpha value is -1.54. The van der Waals surface area contributed by atoms with Crippen LogP contribution in [0.5, 0.6) is 5.75 Å². The molecule has 1 unspecified atom stereocenters. The second kappa shape index (κ2) is 5.84. The van der Waals surface area contributed by atoms with Gasteiger partial charge in [0.25, 0.3) is 0 Å². The molecule has 0 aliphatic heterocycles. The van der Waals surface area contributed by atoms with Gasteiger partial charge in [0.05, 0.1) is 7.11 Å². The fourth-order valence-corrected chi connectivity index (χ4v) is 3.51. The van der Waals surface area contributed by atoms with Crippen LogP contribution in [0.1, 0.15) is 43.7 Å². The van der Waals surface area contributed by atoms with E-state index in [9.17, 15) is 0 Å². The molecule has 0 aromatic heterocycles. The highest BCUT2D eigenvalue weighted by Crippen LogP contribution is 2.37. The minimum Gasteiger partial charge on any atom is -0.496 e. The molecule has 0 spiro atoms. The molecule has 2 nitrogen and oxygen atoms in total. The smallest absolute Gasteiger partial charge is 0.126 e. The predicted molar refractivity (Wildman–Crippen MR) is 84.0 cm³/mol. The largest absolute Gasteiger partial charge is 0.496 e. The van der Waals surface area contributed by atoms with Crippen molar-refractivity contribution in [1.82, 2.24) is 0 Å². The molecular weight excluding hydrogens is 246 g/mol. The van der Waals surface area contributed by atoms with Crippen LogP contribution in [0.4, 0.5) is 0 Å². The van der Waals surface area contributed by atoms with Gasteiger partial charge in [-0.2, -0.15) is 0 Å². The summed E-state index contributed by atoms with van der Waals surface area (Å²) in [6.45, 7) is 0. The maximum atomic E-state index is 6.59. The number of benzene rings is 2. The molecule has 1 aliphatic rings. The van der Waals surface area contributed by atoms with Crippen LogP contribution in [-0.4, -0.2) is 7.11 Å². The van der Waals surface area contributed by atoms with E-state index >= 15 is 0 Å². The molecule has 0 amide bonds. The van der Waals surface area contributed by atoms with Crippen molar-refractivity contribution in [3.63, 3.8) is 0 Å². The van der Waals surface area contributed by atoms with Crippen molar-refractivity contribution in [2.45, 2.75) is 38.1 Å². The minimum absolute atomic E-state index is 0.145. The van der Waals surface area contributed by atoms with Gasteiger partial charge in [-0.15, -0.1) is 0 Å². The third kappa shape index (κ3) is 2.40. The van der Waals surface area contributed by atoms with Crippen LogP contribution in [0, 0.1) is 5.92 Å². The maximum absolute atomic E-state index is 6.59. The molecule has 0 bridgehead atoms. The van der Waals surface area contributed by atoms with Crippen LogP contribution in [-0.2, 0) is 0 Å². The van der Waals surface area contributed by atoms with E-state index < -0.39 is 0 Å². The Bertz CT molecular complexity index is 587. The molecule has 106 valence electrons. The second-order valence-electron chi connectivity index (χ2n) is 5.83. The molecule has 0 radical (unpaired) electrons. The Kier molecular flexibility index (Phi) is 3.93. The molecule has 2 heteroatoms. The number of ether oxygens (including phenoxy) is 1. The molecule has 2 N–H and O–H groups in total.